The van der Waals surface area contributed by atoms with Gasteiger partial charge in [-0.1, -0.05) is 6.08 Å². The van der Waals surface area contributed by atoms with E-state index in [1.54, 1.807) is 0 Å². The van der Waals surface area contributed by atoms with Crippen LogP contribution in [-0.2, 0) is 4.74 Å². The van der Waals surface area contributed by atoms with E-state index in [4.69, 9.17) is 4.74 Å². The SMILES string of the molecule is Cc1ccncc1NCC1=CCCOC1. The van der Waals surface area contributed by atoms with Crippen molar-refractivity contribution in [2.24, 2.45) is 0 Å². The monoisotopic (exact) mass is 204 g/mol. The number of aromatic nitrogens is 1. The van der Waals surface area contributed by atoms with Gasteiger partial charge < -0.3 is 10.1 Å². The summed E-state index contributed by atoms with van der Waals surface area (Å²) in [5, 5.41) is 3.37. The second-order valence-corrected chi connectivity index (χ2v) is 3.75. The molecule has 0 unspecified atom stereocenters. The molecule has 1 aromatic heterocycles. The highest BCUT2D eigenvalue weighted by atomic mass is 16.5. The van der Waals surface area contributed by atoms with E-state index in [1.807, 2.05) is 18.5 Å². The van der Waals surface area contributed by atoms with E-state index >= 15 is 0 Å². The van der Waals surface area contributed by atoms with Gasteiger partial charge in [-0.15, -0.1) is 0 Å². The molecule has 1 N–H and O–H groups in total. The topological polar surface area (TPSA) is 34.2 Å². The lowest BCUT2D eigenvalue weighted by Gasteiger charge is -2.15. The van der Waals surface area contributed by atoms with Crippen LogP contribution < -0.4 is 5.32 Å². The van der Waals surface area contributed by atoms with E-state index in [9.17, 15) is 0 Å². The highest BCUT2D eigenvalue weighted by Gasteiger charge is 2.04. The Kier molecular flexibility index (Phi) is 3.35. The molecule has 2 rings (SSSR count). The summed E-state index contributed by atoms with van der Waals surface area (Å²) in [4.78, 5) is 4.10. The van der Waals surface area contributed by atoms with Crippen molar-refractivity contribution < 1.29 is 4.74 Å². The van der Waals surface area contributed by atoms with Crippen LogP contribution in [-0.4, -0.2) is 24.7 Å². The molecule has 0 radical (unpaired) electrons. The number of pyridine rings is 1. The predicted molar refractivity (Wildman–Crippen MR) is 61.0 cm³/mol. The minimum atomic E-state index is 0.756. The average Bonchev–Trinajstić information content (AvgIpc) is 2.29. The van der Waals surface area contributed by atoms with Crippen LogP contribution in [0, 0.1) is 6.92 Å². The fourth-order valence-corrected chi connectivity index (χ4v) is 1.59. The molecule has 0 fully saturated rings. The maximum atomic E-state index is 5.38. The highest BCUT2D eigenvalue weighted by Crippen LogP contribution is 2.13. The van der Waals surface area contributed by atoms with Gasteiger partial charge in [-0.05, 0) is 30.5 Å². The van der Waals surface area contributed by atoms with Crippen LogP contribution in [0.3, 0.4) is 0 Å². The summed E-state index contributed by atoms with van der Waals surface area (Å²) in [5.74, 6) is 0. The minimum Gasteiger partial charge on any atom is -0.380 e. The quantitative estimate of drug-likeness (QED) is 0.766. The first kappa shape index (κ1) is 10.2. The van der Waals surface area contributed by atoms with Crippen molar-refractivity contribution in [3.8, 4) is 0 Å². The standard InChI is InChI=1S/C12H16N2O/c1-10-4-5-13-8-12(10)14-7-11-3-2-6-15-9-11/h3-5,8,14H,2,6-7,9H2,1H3. The lowest BCUT2D eigenvalue weighted by Crippen LogP contribution is -2.14. The third-order valence-corrected chi connectivity index (χ3v) is 2.53. The fraction of sp³-hybridized carbons (Fsp3) is 0.417. The molecule has 1 aromatic rings. The molecule has 0 saturated heterocycles. The van der Waals surface area contributed by atoms with E-state index in [-0.39, 0.29) is 0 Å². The summed E-state index contributed by atoms with van der Waals surface area (Å²) < 4.78 is 5.38. The van der Waals surface area contributed by atoms with E-state index in [0.29, 0.717) is 0 Å². The van der Waals surface area contributed by atoms with Crippen molar-refractivity contribution in [3.63, 3.8) is 0 Å². The third-order valence-electron chi connectivity index (χ3n) is 2.53. The highest BCUT2D eigenvalue weighted by molar-refractivity contribution is 5.48. The summed E-state index contributed by atoms with van der Waals surface area (Å²) in [6.07, 6.45) is 6.95. The smallest absolute Gasteiger partial charge is 0.0693 e. The van der Waals surface area contributed by atoms with Gasteiger partial charge in [0.1, 0.15) is 0 Å². The number of ether oxygens (including phenoxy) is 1. The van der Waals surface area contributed by atoms with Gasteiger partial charge in [0, 0.05) is 12.7 Å². The van der Waals surface area contributed by atoms with Crippen LogP contribution in [0.2, 0.25) is 0 Å². The predicted octanol–water partition coefficient (Wildman–Crippen LogP) is 2.15. The molecule has 0 saturated carbocycles. The van der Waals surface area contributed by atoms with E-state index in [0.717, 1.165) is 31.9 Å². The molecule has 0 aromatic carbocycles. The van der Waals surface area contributed by atoms with Crippen molar-refractivity contribution in [1.29, 1.82) is 0 Å². The van der Waals surface area contributed by atoms with Crippen LogP contribution in [0.25, 0.3) is 0 Å². The van der Waals surface area contributed by atoms with E-state index in [1.165, 1.54) is 11.1 Å². The van der Waals surface area contributed by atoms with Crippen molar-refractivity contribution in [2.75, 3.05) is 25.1 Å². The molecule has 80 valence electrons. The van der Waals surface area contributed by atoms with Crippen molar-refractivity contribution in [2.45, 2.75) is 13.3 Å². The zero-order chi connectivity index (χ0) is 10.5. The zero-order valence-electron chi connectivity index (χ0n) is 8.99. The molecule has 1 aliphatic heterocycles. The maximum absolute atomic E-state index is 5.38. The molecule has 0 aliphatic carbocycles. The number of anilines is 1. The summed E-state index contributed by atoms with van der Waals surface area (Å²) in [6.45, 7) is 4.55. The lowest BCUT2D eigenvalue weighted by molar-refractivity contribution is 0.150. The van der Waals surface area contributed by atoms with Crippen molar-refractivity contribution in [3.05, 3.63) is 35.7 Å². The van der Waals surface area contributed by atoms with Gasteiger partial charge in [0.15, 0.2) is 0 Å². The maximum Gasteiger partial charge on any atom is 0.0693 e. The van der Waals surface area contributed by atoms with E-state index in [2.05, 4.69) is 23.3 Å². The summed E-state index contributed by atoms with van der Waals surface area (Å²) in [6, 6.07) is 2.01. The molecule has 1 aliphatic rings. The second kappa shape index (κ2) is 4.94. The number of rotatable bonds is 3. The summed E-state index contributed by atoms with van der Waals surface area (Å²) in [7, 11) is 0. The molecule has 0 spiro atoms. The normalized spacial score (nSPS) is 15.9. The molecular weight excluding hydrogens is 188 g/mol. The average molecular weight is 204 g/mol. The molecule has 3 nitrogen and oxygen atoms in total. The van der Waals surface area contributed by atoms with Crippen LogP contribution in [0.15, 0.2) is 30.1 Å². The van der Waals surface area contributed by atoms with Crippen LogP contribution in [0.5, 0.6) is 0 Å². The van der Waals surface area contributed by atoms with Gasteiger partial charge in [0.25, 0.3) is 0 Å². The first-order valence-electron chi connectivity index (χ1n) is 5.26. The molecule has 0 bridgehead atoms. The molecule has 3 heteroatoms. The van der Waals surface area contributed by atoms with Gasteiger partial charge >= 0.3 is 0 Å². The van der Waals surface area contributed by atoms with Crippen molar-refractivity contribution >= 4 is 5.69 Å². The first-order chi connectivity index (χ1) is 7.36. The lowest BCUT2D eigenvalue weighted by atomic mass is 10.2. The first-order valence-corrected chi connectivity index (χ1v) is 5.26. The van der Waals surface area contributed by atoms with Crippen LogP contribution in [0.4, 0.5) is 5.69 Å². The Balaban J connectivity index is 1.93. The Hall–Kier alpha value is -1.35. The Morgan fingerprint density at radius 3 is 3.20 bits per heavy atom. The third kappa shape index (κ3) is 2.80. The molecule has 2 heterocycles. The number of nitrogens with zero attached hydrogens (tertiary/aromatic N) is 1. The summed E-state index contributed by atoms with van der Waals surface area (Å²) in [5.41, 5.74) is 3.65. The fourth-order valence-electron chi connectivity index (χ4n) is 1.59. The number of hydrogen-bond donors (Lipinski definition) is 1. The molecular formula is C12H16N2O. The van der Waals surface area contributed by atoms with Crippen LogP contribution >= 0.6 is 0 Å². The van der Waals surface area contributed by atoms with Gasteiger partial charge in [0.2, 0.25) is 0 Å². The van der Waals surface area contributed by atoms with Gasteiger partial charge in [-0.25, -0.2) is 0 Å². The molecule has 15 heavy (non-hydrogen) atoms. The van der Waals surface area contributed by atoms with Gasteiger partial charge in [0.05, 0.1) is 25.1 Å². The largest absolute Gasteiger partial charge is 0.380 e. The molecule has 0 amide bonds. The zero-order valence-corrected chi connectivity index (χ0v) is 8.99. The van der Waals surface area contributed by atoms with E-state index < -0.39 is 0 Å². The molecule has 0 atom stereocenters. The van der Waals surface area contributed by atoms with Gasteiger partial charge in [-0.2, -0.15) is 0 Å². The Morgan fingerprint density at radius 1 is 1.53 bits per heavy atom. The van der Waals surface area contributed by atoms with Crippen molar-refractivity contribution in [1.82, 2.24) is 4.98 Å². The summed E-state index contributed by atoms with van der Waals surface area (Å²) >= 11 is 0. The number of hydrogen-bond acceptors (Lipinski definition) is 3. The second-order valence-electron chi connectivity index (χ2n) is 3.75. The number of aryl methyl sites for hydroxylation is 1. The Labute approximate surface area is 90.2 Å². The van der Waals surface area contributed by atoms with Crippen LogP contribution in [0.1, 0.15) is 12.0 Å². The minimum absolute atomic E-state index is 0.756. The number of nitrogens with one attached hydrogen (secondary N) is 1. The van der Waals surface area contributed by atoms with Gasteiger partial charge in [-0.3, -0.25) is 4.98 Å². The Morgan fingerprint density at radius 2 is 2.47 bits per heavy atom. The Bertz CT molecular complexity index is 360.